The largest absolute Gasteiger partial charge is 0.348 e. The van der Waals surface area contributed by atoms with Crippen LogP contribution in [0.2, 0.25) is 0 Å². The Morgan fingerprint density at radius 3 is 2.33 bits per heavy atom. The highest BCUT2D eigenvalue weighted by Crippen LogP contribution is 2.12. The zero-order valence-electron chi connectivity index (χ0n) is 8.72. The van der Waals surface area contributed by atoms with E-state index in [1.54, 1.807) is 19.9 Å². The molecule has 0 aliphatic carbocycles. The summed E-state index contributed by atoms with van der Waals surface area (Å²) in [6.07, 6.45) is 0. The standard InChI is InChI=1S/C9H14F2N4/c1-6-3-7(2)15-8(14-6)13-5-9(10,11)4-12/h3H,4-5,12H2,1-2H3,(H,13,14,15). The second-order valence-corrected chi connectivity index (χ2v) is 3.39. The molecule has 0 fully saturated rings. The van der Waals surface area contributed by atoms with E-state index in [0.29, 0.717) is 0 Å². The summed E-state index contributed by atoms with van der Waals surface area (Å²) in [7, 11) is 0. The van der Waals surface area contributed by atoms with E-state index in [4.69, 9.17) is 5.73 Å². The van der Waals surface area contributed by atoms with Crippen molar-refractivity contribution in [1.82, 2.24) is 9.97 Å². The monoisotopic (exact) mass is 216 g/mol. The van der Waals surface area contributed by atoms with Gasteiger partial charge in [0, 0.05) is 11.4 Å². The van der Waals surface area contributed by atoms with Crippen LogP contribution in [0.1, 0.15) is 11.4 Å². The van der Waals surface area contributed by atoms with Crippen molar-refractivity contribution in [1.29, 1.82) is 0 Å². The average molecular weight is 216 g/mol. The Morgan fingerprint density at radius 2 is 1.87 bits per heavy atom. The lowest BCUT2D eigenvalue weighted by atomic mass is 10.3. The third-order valence-corrected chi connectivity index (χ3v) is 1.79. The van der Waals surface area contributed by atoms with E-state index < -0.39 is 19.0 Å². The van der Waals surface area contributed by atoms with Gasteiger partial charge in [-0.2, -0.15) is 0 Å². The minimum absolute atomic E-state index is 0.209. The molecule has 0 unspecified atom stereocenters. The van der Waals surface area contributed by atoms with Gasteiger partial charge in [-0.1, -0.05) is 0 Å². The number of hydrogen-bond acceptors (Lipinski definition) is 4. The van der Waals surface area contributed by atoms with Gasteiger partial charge in [-0.3, -0.25) is 0 Å². The number of anilines is 1. The van der Waals surface area contributed by atoms with E-state index in [2.05, 4.69) is 15.3 Å². The number of nitrogens with two attached hydrogens (primary N) is 1. The number of aromatic nitrogens is 2. The highest BCUT2D eigenvalue weighted by atomic mass is 19.3. The first-order valence-corrected chi connectivity index (χ1v) is 4.57. The maximum absolute atomic E-state index is 12.8. The van der Waals surface area contributed by atoms with Crippen LogP contribution in [0.25, 0.3) is 0 Å². The van der Waals surface area contributed by atoms with E-state index >= 15 is 0 Å². The maximum atomic E-state index is 12.8. The zero-order chi connectivity index (χ0) is 11.5. The number of rotatable bonds is 4. The summed E-state index contributed by atoms with van der Waals surface area (Å²) in [4.78, 5) is 7.95. The van der Waals surface area contributed by atoms with E-state index in [0.717, 1.165) is 11.4 Å². The number of hydrogen-bond donors (Lipinski definition) is 2. The molecular weight excluding hydrogens is 202 g/mol. The molecule has 3 N–H and O–H groups in total. The molecule has 0 aromatic carbocycles. The Labute approximate surface area is 86.9 Å². The molecule has 0 radical (unpaired) electrons. The van der Waals surface area contributed by atoms with Gasteiger partial charge in [0.25, 0.3) is 5.92 Å². The molecule has 1 rings (SSSR count). The van der Waals surface area contributed by atoms with Gasteiger partial charge in [0.15, 0.2) is 0 Å². The summed E-state index contributed by atoms with van der Waals surface area (Å²) >= 11 is 0. The molecule has 0 aliphatic rings. The first-order valence-electron chi connectivity index (χ1n) is 4.57. The van der Waals surface area contributed by atoms with E-state index in [-0.39, 0.29) is 5.95 Å². The van der Waals surface area contributed by atoms with Gasteiger partial charge in [-0.15, -0.1) is 0 Å². The summed E-state index contributed by atoms with van der Waals surface area (Å²) in [5, 5.41) is 2.47. The van der Waals surface area contributed by atoms with Crippen molar-refractivity contribution in [2.24, 2.45) is 5.73 Å². The topological polar surface area (TPSA) is 63.8 Å². The molecule has 0 aliphatic heterocycles. The normalized spacial score (nSPS) is 11.5. The van der Waals surface area contributed by atoms with Crippen LogP contribution >= 0.6 is 0 Å². The van der Waals surface area contributed by atoms with Crippen molar-refractivity contribution in [3.05, 3.63) is 17.5 Å². The predicted molar refractivity (Wildman–Crippen MR) is 54.0 cm³/mol. The molecule has 1 aromatic rings. The smallest absolute Gasteiger partial charge is 0.277 e. The van der Waals surface area contributed by atoms with Crippen LogP contribution in [0.15, 0.2) is 6.07 Å². The average Bonchev–Trinajstić information content (AvgIpc) is 2.14. The minimum Gasteiger partial charge on any atom is -0.348 e. The zero-order valence-corrected chi connectivity index (χ0v) is 8.72. The van der Waals surface area contributed by atoms with Crippen molar-refractivity contribution in [3.8, 4) is 0 Å². The fraction of sp³-hybridized carbons (Fsp3) is 0.556. The summed E-state index contributed by atoms with van der Waals surface area (Å²) in [5.41, 5.74) is 6.37. The minimum atomic E-state index is -2.93. The summed E-state index contributed by atoms with van der Waals surface area (Å²) in [6.45, 7) is 2.32. The number of nitrogens with one attached hydrogen (secondary N) is 1. The molecule has 84 valence electrons. The Balaban J connectivity index is 2.65. The second-order valence-electron chi connectivity index (χ2n) is 3.39. The van der Waals surface area contributed by atoms with E-state index in [9.17, 15) is 8.78 Å². The highest BCUT2D eigenvalue weighted by Gasteiger charge is 2.26. The molecule has 0 bridgehead atoms. The van der Waals surface area contributed by atoms with Crippen LogP contribution in [-0.2, 0) is 0 Å². The summed E-state index contributed by atoms with van der Waals surface area (Å²) < 4.78 is 25.6. The third kappa shape index (κ3) is 3.75. The Bertz CT molecular complexity index is 321. The lowest BCUT2D eigenvalue weighted by molar-refractivity contribution is 0.0252. The summed E-state index contributed by atoms with van der Waals surface area (Å²) in [6, 6.07) is 1.77. The molecule has 0 amide bonds. The van der Waals surface area contributed by atoms with Crippen molar-refractivity contribution in [3.63, 3.8) is 0 Å². The van der Waals surface area contributed by atoms with Gasteiger partial charge in [0.1, 0.15) is 0 Å². The van der Waals surface area contributed by atoms with Crippen molar-refractivity contribution < 1.29 is 8.78 Å². The van der Waals surface area contributed by atoms with Crippen LogP contribution in [0.5, 0.6) is 0 Å². The number of aryl methyl sites for hydroxylation is 2. The quantitative estimate of drug-likeness (QED) is 0.791. The van der Waals surface area contributed by atoms with Crippen molar-refractivity contribution >= 4 is 5.95 Å². The second kappa shape index (κ2) is 4.48. The Hall–Kier alpha value is -1.30. The maximum Gasteiger partial charge on any atom is 0.277 e. The molecule has 4 nitrogen and oxygen atoms in total. The lowest BCUT2D eigenvalue weighted by Gasteiger charge is -2.14. The van der Waals surface area contributed by atoms with Gasteiger partial charge in [-0.25, -0.2) is 18.7 Å². The van der Waals surface area contributed by atoms with E-state index in [1.807, 2.05) is 0 Å². The van der Waals surface area contributed by atoms with Crippen molar-refractivity contribution in [2.75, 3.05) is 18.4 Å². The molecule has 0 saturated carbocycles. The van der Waals surface area contributed by atoms with Crippen LogP contribution in [-0.4, -0.2) is 29.0 Å². The van der Waals surface area contributed by atoms with Crippen LogP contribution in [0, 0.1) is 13.8 Å². The van der Waals surface area contributed by atoms with Gasteiger partial charge < -0.3 is 11.1 Å². The van der Waals surface area contributed by atoms with Gasteiger partial charge >= 0.3 is 0 Å². The molecular formula is C9H14F2N4. The highest BCUT2D eigenvalue weighted by molar-refractivity contribution is 5.27. The van der Waals surface area contributed by atoms with E-state index in [1.165, 1.54) is 0 Å². The third-order valence-electron chi connectivity index (χ3n) is 1.79. The molecule has 1 aromatic heterocycles. The summed E-state index contributed by atoms with van der Waals surface area (Å²) in [5.74, 6) is -2.72. The fourth-order valence-corrected chi connectivity index (χ4v) is 1.09. The molecule has 6 heteroatoms. The SMILES string of the molecule is Cc1cc(C)nc(NCC(F)(F)CN)n1. The fourth-order valence-electron chi connectivity index (χ4n) is 1.09. The Morgan fingerprint density at radius 1 is 1.33 bits per heavy atom. The lowest BCUT2D eigenvalue weighted by Crippen LogP contribution is -2.35. The molecule has 0 atom stereocenters. The van der Waals surface area contributed by atoms with Crippen LogP contribution < -0.4 is 11.1 Å². The number of halogens is 2. The van der Waals surface area contributed by atoms with Crippen molar-refractivity contribution in [2.45, 2.75) is 19.8 Å². The van der Waals surface area contributed by atoms with Crippen LogP contribution in [0.4, 0.5) is 14.7 Å². The first-order chi connectivity index (χ1) is 6.93. The molecule has 1 heterocycles. The molecule has 0 saturated heterocycles. The van der Waals surface area contributed by atoms with Gasteiger partial charge in [-0.05, 0) is 19.9 Å². The predicted octanol–water partition coefficient (Wildman–Crippen LogP) is 1.10. The number of nitrogens with zero attached hydrogens (tertiary/aromatic N) is 2. The Kier molecular flexibility index (Phi) is 3.52. The first kappa shape index (κ1) is 11.8. The molecule has 0 spiro atoms. The van der Waals surface area contributed by atoms with Gasteiger partial charge in [0.05, 0.1) is 13.1 Å². The van der Waals surface area contributed by atoms with Crippen LogP contribution in [0.3, 0.4) is 0 Å². The number of alkyl halides is 2. The molecule has 15 heavy (non-hydrogen) atoms. The van der Waals surface area contributed by atoms with Gasteiger partial charge in [0.2, 0.25) is 5.95 Å².